The normalized spacial score (nSPS) is 12.4. The number of hydrogen-bond donors (Lipinski definition) is 1. The summed E-state index contributed by atoms with van der Waals surface area (Å²) >= 11 is 0. The van der Waals surface area contributed by atoms with Gasteiger partial charge in [-0.15, -0.1) is 0 Å². The van der Waals surface area contributed by atoms with Crippen LogP contribution in [0, 0.1) is 0 Å². The molecule has 0 rings (SSSR count). The molecule has 0 saturated heterocycles. The summed E-state index contributed by atoms with van der Waals surface area (Å²) in [6.45, 7) is 0. The van der Waals surface area contributed by atoms with Crippen molar-refractivity contribution in [1.82, 2.24) is 0 Å². The molecule has 0 aliphatic carbocycles. The van der Waals surface area contributed by atoms with Gasteiger partial charge in [-0.1, -0.05) is 0 Å². The van der Waals surface area contributed by atoms with Gasteiger partial charge in [-0.25, -0.2) is 0 Å². The minimum atomic E-state index is -4.00. The van der Waals surface area contributed by atoms with Crippen LogP contribution in [0.15, 0.2) is 0 Å². The third-order valence-corrected chi connectivity index (χ3v) is 1.57. The minimum Gasteiger partial charge on any atom is -0.355 e. The second-order valence-electron chi connectivity index (χ2n) is 1.65. The molecule has 0 fully saturated rings. The summed E-state index contributed by atoms with van der Waals surface area (Å²) in [5, 5.41) is 0. The Labute approximate surface area is 59.7 Å². The molecule has 0 spiro atoms. The summed E-state index contributed by atoms with van der Waals surface area (Å²) in [6, 6.07) is 0. The lowest BCUT2D eigenvalue weighted by Gasteiger charge is -2.09. The highest BCUT2D eigenvalue weighted by Crippen LogP contribution is 1.94. The van der Waals surface area contributed by atoms with Gasteiger partial charge in [0, 0.05) is 14.2 Å². The molecule has 0 aliphatic heterocycles. The molecule has 1 N–H and O–H groups in total. The Hall–Kier alpha value is -0.170. The van der Waals surface area contributed by atoms with E-state index in [0.717, 1.165) is 0 Å². The van der Waals surface area contributed by atoms with Gasteiger partial charge in [0.1, 0.15) is 5.75 Å². The van der Waals surface area contributed by atoms with Crippen LogP contribution in [0.1, 0.15) is 0 Å². The molecular formula is C4H10O5S. The molecule has 62 valence electrons. The quantitative estimate of drug-likeness (QED) is 0.454. The van der Waals surface area contributed by atoms with Gasteiger partial charge in [-0.2, -0.15) is 8.42 Å². The van der Waals surface area contributed by atoms with Crippen LogP contribution < -0.4 is 0 Å². The first-order chi connectivity index (χ1) is 4.49. The molecular weight excluding hydrogens is 160 g/mol. The molecule has 0 aliphatic rings. The summed E-state index contributed by atoms with van der Waals surface area (Å²) in [7, 11) is -1.42. The Balaban J connectivity index is 3.87. The Morgan fingerprint density at radius 1 is 1.40 bits per heavy atom. The van der Waals surface area contributed by atoms with Crippen molar-refractivity contribution in [3.8, 4) is 0 Å². The molecule has 0 saturated carbocycles. The van der Waals surface area contributed by atoms with Gasteiger partial charge in [0.05, 0.1) is 0 Å². The fraction of sp³-hybridized carbons (Fsp3) is 1.00. The summed E-state index contributed by atoms with van der Waals surface area (Å²) in [6.07, 6.45) is -0.894. The van der Waals surface area contributed by atoms with Crippen LogP contribution in [0.3, 0.4) is 0 Å². The molecule has 0 unspecified atom stereocenters. The molecule has 0 aromatic rings. The van der Waals surface area contributed by atoms with Crippen molar-refractivity contribution in [2.75, 3.05) is 20.0 Å². The first-order valence-electron chi connectivity index (χ1n) is 2.50. The summed E-state index contributed by atoms with van der Waals surface area (Å²) in [5.41, 5.74) is 0. The molecule has 0 aromatic heterocycles. The van der Waals surface area contributed by atoms with Crippen LogP contribution in [0.5, 0.6) is 0 Å². The maximum absolute atomic E-state index is 10.2. The number of rotatable bonds is 4. The molecule has 10 heavy (non-hydrogen) atoms. The fourth-order valence-corrected chi connectivity index (χ4v) is 1.02. The van der Waals surface area contributed by atoms with Crippen molar-refractivity contribution >= 4 is 10.1 Å². The zero-order valence-electron chi connectivity index (χ0n) is 5.77. The van der Waals surface area contributed by atoms with Gasteiger partial charge in [0.15, 0.2) is 6.29 Å². The highest BCUT2D eigenvalue weighted by atomic mass is 32.2. The van der Waals surface area contributed by atoms with Crippen molar-refractivity contribution in [1.29, 1.82) is 0 Å². The van der Waals surface area contributed by atoms with E-state index in [1.165, 1.54) is 14.2 Å². The predicted octanol–water partition coefficient (Wildman–Crippen LogP) is -0.507. The molecule has 6 heteroatoms. The van der Waals surface area contributed by atoms with Crippen LogP contribution >= 0.6 is 0 Å². The maximum Gasteiger partial charge on any atom is 0.269 e. The van der Waals surface area contributed by atoms with Crippen LogP contribution in [0.25, 0.3) is 0 Å². The van der Waals surface area contributed by atoms with Crippen molar-refractivity contribution < 1.29 is 22.4 Å². The Morgan fingerprint density at radius 3 is 1.90 bits per heavy atom. The highest BCUT2D eigenvalue weighted by Gasteiger charge is 2.14. The first kappa shape index (κ1) is 9.83. The van der Waals surface area contributed by atoms with Crippen LogP contribution in [-0.2, 0) is 19.6 Å². The number of hydrogen-bond acceptors (Lipinski definition) is 4. The zero-order valence-corrected chi connectivity index (χ0v) is 6.59. The van der Waals surface area contributed by atoms with Crippen LogP contribution in [0.4, 0.5) is 0 Å². The van der Waals surface area contributed by atoms with E-state index in [9.17, 15) is 8.42 Å². The number of methoxy groups -OCH3 is 2. The van der Waals surface area contributed by atoms with E-state index >= 15 is 0 Å². The molecule has 0 radical (unpaired) electrons. The SMILES string of the molecule is COC(CS(=O)(=O)O)OC. The number of ether oxygens (including phenoxy) is 2. The zero-order chi connectivity index (χ0) is 8.20. The Morgan fingerprint density at radius 2 is 1.80 bits per heavy atom. The van der Waals surface area contributed by atoms with Gasteiger partial charge in [-0.05, 0) is 0 Å². The van der Waals surface area contributed by atoms with E-state index in [4.69, 9.17) is 4.55 Å². The van der Waals surface area contributed by atoms with Crippen LogP contribution in [0.2, 0.25) is 0 Å². The molecule has 5 nitrogen and oxygen atoms in total. The lowest BCUT2D eigenvalue weighted by molar-refractivity contribution is -0.0858. The van der Waals surface area contributed by atoms with Gasteiger partial charge in [-0.3, -0.25) is 4.55 Å². The van der Waals surface area contributed by atoms with E-state index < -0.39 is 22.2 Å². The van der Waals surface area contributed by atoms with E-state index in [-0.39, 0.29) is 0 Å². The maximum atomic E-state index is 10.2. The smallest absolute Gasteiger partial charge is 0.269 e. The van der Waals surface area contributed by atoms with E-state index in [1.807, 2.05) is 0 Å². The van der Waals surface area contributed by atoms with E-state index in [1.54, 1.807) is 0 Å². The van der Waals surface area contributed by atoms with E-state index in [2.05, 4.69) is 9.47 Å². The predicted molar refractivity (Wildman–Crippen MR) is 34.2 cm³/mol. The molecule has 0 bridgehead atoms. The second kappa shape index (κ2) is 3.87. The second-order valence-corrected chi connectivity index (χ2v) is 3.15. The van der Waals surface area contributed by atoms with Crippen molar-refractivity contribution in [3.05, 3.63) is 0 Å². The van der Waals surface area contributed by atoms with Gasteiger partial charge in [0.25, 0.3) is 10.1 Å². The monoisotopic (exact) mass is 170 g/mol. The first-order valence-corrected chi connectivity index (χ1v) is 4.11. The largest absolute Gasteiger partial charge is 0.355 e. The minimum absolute atomic E-state index is 0.542. The van der Waals surface area contributed by atoms with Gasteiger partial charge < -0.3 is 9.47 Å². The van der Waals surface area contributed by atoms with Crippen LogP contribution in [-0.4, -0.2) is 39.2 Å². The summed E-state index contributed by atoms with van der Waals surface area (Å²) in [5.74, 6) is -0.542. The highest BCUT2D eigenvalue weighted by molar-refractivity contribution is 7.85. The Kier molecular flexibility index (Phi) is 3.80. The van der Waals surface area contributed by atoms with Crippen molar-refractivity contribution in [3.63, 3.8) is 0 Å². The summed E-state index contributed by atoms with van der Waals surface area (Å²) in [4.78, 5) is 0. The molecule has 0 aromatic carbocycles. The van der Waals surface area contributed by atoms with Gasteiger partial charge in [0.2, 0.25) is 0 Å². The standard InChI is InChI=1S/C4H10O5S/c1-8-4(9-2)3-10(5,6)7/h4H,3H2,1-2H3,(H,5,6,7). The van der Waals surface area contributed by atoms with Gasteiger partial charge >= 0.3 is 0 Å². The average molecular weight is 170 g/mol. The molecule has 0 heterocycles. The summed E-state index contributed by atoms with van der Waals surface area (Å²) < 4.78 is 37.6. The topological polar surface area (TPSA) is 72.8 Å². The third-order valence-electron chi connectivity index (χ3n) is 0.872. The lowest BCUT2D eigenvalue weighted by atomic mass is 10.7. The Bertz CT molecular complexity index is 168. The fourth-order valence-electron chi connectivity index (χ4n) is 0.404. The lowest BCUT2D eigenvalue weighted by Crippen LogP contribution is -2.23. The van der Waals surface area contributed by atoms with Crippen molar-refractivity contribution in [2.45, 2.75) is 6.29 Å². The average Bonchev–Trinajstić information content (AvgIpc) is 1.81. The third kappa shape index (κ3) is 4.68. The molecule has 0 amide bonds. The molecule has 0 atom stereocenters. The van der Waals surface area contributed by atoms with Crippen molar-refractivity contribution in [2.24, 2.45) is 0 Å². The van der Waals surface area contributed by atoms with E-state index in [0.29, 0.717) is 0 Å².